The Labute approximate surface area is 130 Å². The van der Waals surface area contributed by atoms with Crippen molar-refractivity contribution in [1.82, 2.24) is 9.80 Å². The molecular weight excluding hydrogens is 289 g/mol. The minimum absolute atomic E-state index is 0.456. The van der Waals surface area contributed by atoms with Gasteiger partial charge in [0, 0.05) is 25.7 Å². The zero-order valence-corrected chi connectivity index (χ0v) is 13.2. The van der Waals surface area contributed by atoms with Crippen molar-refractivity contribution in [2.75, 3.05) is 27.2 Å². The molecule has 1 aliphatic heterocycles. The van der Waals surface area contributed by atoms with Gasteiger partial charge in [-0.1, -0.05) is 12.1 Å². The monoisotopic (exact) mass is 312 g/mol. The van der Waals surface area contributed by atoms with E-state index >= 15 is 0 Å². The SMILES string of the molecule is C=CCc1cc(CN2CC[C@@H](N(C)C)C2)cc(C(F)(F)F)c1. The average molecular weight is 312 g/mol. The number of hydrogen-bond acceptors (Lipinski definition) is 2. The molecule has 1 fully saturated rings. The van der Waals surface area contributed by atoms with Crippen LogP contribution in [0.15, 0.2) is 30.9 Å². The first-order chi connectivity index (χ1) is 10.3. The Kier molecular flexibility index (Phi) is 5.29. The number of nitrogens with zero attached hydrogens (tertiary/aromatic N) is 2. The fourth-order valence-corrected chi connectivity index (χ4v) is 2.94. The number of hydrogen-bond donors (Lipinski definition) is 0. The van der Waals surface area contributed by atoms with Crippen molar-refractivity contribution in [3.63, 3.8) is 0 Å². The van der Waals surface area contributed by atoms with E-state index in [4.69, 9.17) is 0 Å². The van der Waals surface area contributed by atoms with E-state index < -0.39 is 11.7 Å². The molecule has 1 aromatic carbocycles. The summed E-state index contributed by atoms with van der Waals surface area (Å²) in [7, 11) is 4.08. The summed E-state index contributed by atoms with van der Waals surface area (Å²) in [5.41, 5.74) is 0.833. The first-order valence-corrected chi connectivity index (χ1v) is 7.49. The van der Waals surface area contributed by atoms with Gasteiger partial charge in [-0.2, -0.15) is 13.2 Å². The second kappa shape index (κ2) is 6.84. The van der Waals surface area contributed by atoms with Gasteiger partial charge in [-0.05, 0) is 50.2 Å². The smallest absolute Gasteiger partial charge is 0.305 e. The number of alkyl halides is 3. The van der Waals surface area contributed by atoms with E-state index in [-0.39, 0.29) is 0 Å². The first kappa shape index (κ1) is 17.0. The molecule has 1 heterocycles. The maximum absolute atomic E-state index is 13.0. The van der Waals surface area contributed by atoms with Gasteiger partial charge in [0.05, 0.1) is 5.56 Å². The van der Waals surface area contributed by atoms with Crippen molar-refractivity contribution in [1.29, 1.82) is 0 Å². The Morgan fingerprint density at radius 1 is 1.27 bits per heavy atom. The highest BCUT2D eigenvalue weighted by molar-refractivity contribution is 5.33. The van der Waals surface area contributed by atoms with Gasteiger partial charge in [0.15, 0.2) is 0 Å². The van der Waals surface area contributed by atoms with Crippen molar-refractivity contribution >= 4 is 0 Å². The van der Waals surface area contributed by atoms with Crippen molar-refractivity contribution in [3.05, 3.63) is 47.5 Å². The van der Waals surface area contributed by atoms with Crippen LogP contribution in [0.3, 0.4) is 0 Å². The molecule has 1 aromatic rings. The van der Waals surface area contributed by atoms with E-state index in [0.29, 0.717) is 24.6 Å². The molecule has 1 aliphatic rings. The van der Waals surface area contributed by atoms with Crippen LogP contribution in [0.5, 0.6) is 0 Å². The van der Waals surface area contributed by atoms with Crippen molar-refractivity contribution in [3.8, 4) is 0 Å². The van der Waals surface area contributed by atoms with Gasteiger partial charge in [-0.25, -0.2) is 0 Å². The molecule has 1 atom stereocenters. The predicted molar refractivity (Wildman–Crippen MR) is 82.7 cm³/mol. The van der Waals surface area contributed by atoms with Crippen LogP contribution < -0.4 is 0 Å². The van der Waals surface area contributed by atoms with Crippen molar-refractivity contribution in [2.24, 2.45) is 0 Å². The molecule has 0 unspecified atom stereocenters. The summed E-state index contributed by atoms with van der Waals surface area (Å²) in [6.07, 6.45) is -1.15. The molecule has 5 heteroatoms. The topological polar surface area (TPSA) is 6.48 Å². The van der Waals surface area contributed by atoms with Gasteiger partial charge in [0.2, 0.25) is 0 Å². The van der Waals surface area contributed by atoms with E-state index in [9.17, 15) is 13.2 Å². The minimum Gasteiger partial charge on any atom is -0.305 e. The Bertz CT molecular complexity index is 523. The molecule has 2 rings (SSSR count). The molecule has 1 saturated heterocycles. The first-order valence-electron chi connectivity index (χ1n) is 7.49. The van der Waals surface area contributed by atoms with E-state index in [1.165, 1.54) is 12.1 Å². The molecule has 22 heavy (non-hydrogen) atoms. The van der Waals surface area contributed by atoms with E-state index in [0.717, 1.165) is 25.1 Å². The molecular formula is C17H23F3N2. The predicted octanol–water partition coefficient (Wildman–Crippen LogP) is 3.57. The Hall–Kier alpha value is -1.33. The number of benzene rings is 1. The van der Waals surface area contributed by atoms with Crippen LogP contribution in [-0.4, -0.2) is 43.0 Å². The lowest BCUT2D eigenvalue weighted by Crippen LogP contribution is -2.31. The highest BCUT2D eigenvalue weighted by Gasteiger charge is 2.31. The van der Waals surface area contributed by atoms with Gasteiger partial charge >= 0.3 is 6.18 Å². The fourth-order valence-electron chi connectivity index (χ4n) is 2.94. The van der Waals surface area contributed by atoms with Crippen LogP contribution in [0, 0.1) is 0 Å². The number of halogens is 3. The summed E-state index contributed by atoms with van der Waals surface area (Å²) < 4.78 is 39.1. The molecule has 0 saturated carbocycles. The summed E-state index contributed by atoms with van der Waals surface area (Å²) in [4.78, 5) is 4.40. The highest BCUT2D eigenvalue weighted by atomic mass is 19.4. The van der Waals surface area contributed by atoms with E-state index in [1.807, 2.05) is 20.2 Å². The minimum atomic E-state index is -4.30. The maximum Gasteiger partial charge on any atom is 0.416 e. The third kappa shape index (κ3) is 4.34. The van der Waals surface area contributed by atoms with Crippen molar-refractivity contribution < 1.29 is 13.2 Å². The Morgan fingerprint density at radius 3 is 2.50 bits per heavy atom. The quantitative estimate of drug-likeness (QED) is 0.767. The third-order valence-electron chi connectivity index (χ3n) is 4.14. The fraction of sp³-hybridized carbons (Fsp3) is 0.529. The largest absolute Gasteiger partial charge is 0.416 e. The van der Waals surface area contributed by atoms with Gasteiger partial charge in [0.1, 0.15) is 0 Å². The lowest BCUT2D eigenvalue weighted by Gasteiger charge is -2.21. The molecule has 122 valence electrons. The van der Waals surface area contributed by atoms with Gasteiger partial charge in [-0.15, -0.1) is 6.58 Å². The second-order valence-corrected chi connectivity index (χ2v) is 6.17. The summed E-state index contributed by atoms with van der Waals surface area (Å²) in [5, 5.41) is 0. The number of rotatable bonds is 5. The van der Waals surface area contributed by atoms with Crippen LogP contribution in [0.25, 0.3) is 0 Å². The Balaban J connectivity index is 2.16. The molecule has 2 nitrogen and oxygen atoms in total. The van der Waals surface area contributed by atoms with Crippen LogP contribution in [0.4, 0.5) is 13.2 Å². The average Bonchev–Trinajstić information content (AvgIpc) is 2.86. The zero-order valence-electron chi connectivity index (χ0n) is 13.2. The normalized spacial score (nSPS) is 19.8. The molecule has 0 amide bonds. The number of allylic oxidation sites excluding steroid dienone is 1. The number of likely N-dealkylation sites (N-methyl/N-ethyl adjacent to an activating group) is 1. The maximum atomic E-state index is 13.0. The summed E-state index contributed by atoms with van der Waals surface area (Å²) in [6.45, 7) is 6.01. The molecule has 0 bridgehead atoms. The van der Waals surface area contributed by atoms with Gasteiger partial charge in [-0.3, -0.25) is 4.90 Å². The molecule has 0 N–H and O–H groups in total. The lowest BCUT2D eigenvalue weighted by molar-refractivity contribution is -0.137. The van der Waals surface area contributed by atoms with Gasteiger partial charge in [0.25, 0.3) is 0 Å². The van der Waals surface area contributed by atoms with E-state index in [2.05, 4.69) is 16.4 Å². The highest BCUT2D eigenvalue weighted by Crippen LogP contribution is 2.31. The summed E-state index contributed by atoms with van der Waals surface area (Å²) in [6, 6.07) is 4.84. The standard InChI is InChI=1S/C17H23F3N2/c1-4-5-13-8-14(10-15(9-13)17(18,19)20)11-22-7-6-16(12-22)21(2)3/h4,8-10,16H,1,5-7,11-12H2,2-3H3/t16-/m1/s1. The second-order valence-electron chi connectivity index (χ2n) is 6.17. The van der Waals surface area contributed by atoms with Crippen LogP contribution in [-0.2, 0) is 19.1 Å². The zero-order chi connectivity index (χ0) is 16.3. The van der Waals surface area contributed by atoms with Crippen molar-refractivity contribution in [2.45, 2.75) is 31.6 Å². The molecule has 0 spiro atoms. The van der Waals surface area contributed by atoms with E-state index in [1.54, 1.807) is 6.08 Å². The molecule has 0 aliphatic carbocycles. The van der Waals surface area contributed by atoms with Gasteiger partial charge < -0.3 is 4.90 Å². The van der Waals surface area contributed by atoms with Crippen LogP contribution in [0.2, 0.25) is 0 Å². The summed E-state index contributed by atoms with van der Waals surface area (Å²) in [5.74, 6) is 0. The van der Waals surface area contributed by atoms with Crippen LogP contribution in [0.1, 0.15) is 23.1 Å². The summed E-state index contributed by atoms with van der Waals surface area (Å²) >= 11 is 0. The lowest BCUT2D eigenvalue weighted by atomic mass is 10.0. The third-order valence-corrected chi connectivity index (χ3v) is 4.14. The Morgan fingerprint density at radius 2 is 1.95 bits per heavy atom. The molecule has 0 radical (unpaired) electrons. The number of likely N-dealkylation sites (tertiary alicyclic amines) is 1. The molecule has 0 aromatic heterocycles. The van der Waals surface area contributed by atoms with Crippen LogP contribution >= 0.6 is 0 Å².